The molecule has 98 valence electrons. The molecular formula is C12H16N2O3S. The van der Waals surface area contributed by atoms with Gasteiger partial charge in [0.25, 0.3) is 10.0 Å². The van der Waals surface area contributed by atoms with E-state index >= 15 is 0 Å². The molecule has 0 aliphatic heterocycles. The van der Waals surface area contributed by atoms with Gasteiger partial charge in [0.1, 0.15) is 0 Å². The Morgan fingerprint density at radius 2 is 1.94 bits per heavy atom. The number of nitrogens with zero attached hydrogens (tertiary/aromatic N) is 1. The number of nitriles is 1. The highest BCUT2D eigenvalue weighted by atomic mass is 32.2. The molecule has 0 heterocycles. The Labute approximate surface area is 107 Å². The van der Waals surface area contributed by atoms with Crippen LogP contribution in [0.5, 0.6) is 0 Å². The lowest BCUT2D eigenvalue weighted by atomic mass is 10.2. The molecule has 1 rings (SSSR count). The molecule has 0 aromatic heterocycles. The van der Waals surface area contributed by atoms with Gasteiger partial charge in [0, 0.05) is 0 Å². The Bertz CT molecular complexity index is 580. The maximum atomic E-state index is 12.0. The average Bonchev–Trinajstić information content (AvgIpc) is 2.25. The highest BCUT2D eigenvalue weighted by molar-refractivity contribution is 7.89. The van der Waals surface area contributed by atoms with Crippen LogP contribution in [-0.4, -0.2) is 14.0 Å². The van der Waals surface area contributed by atoms with E-state index in [1.807, 2.05) is 6.07 Å². The summed E-state index contributed by atoms with van der Waals surface area (Å²) >= 11 is 0. The highest BCUT2D eigenvalue weighted by Gasteiger charge is 2.21. The fraction of sp³-hybridized carbons (Fsp3) is 0.417. The summed E-state index contributed by atoms with van der Waals surface area (Å²) in [4.78, 5) is 7.24. The minimum atomic E-state index is -3.73. The van der Waals surface area contributed by atoms with E-state index in [0.29, 0.717) is 11.1 Å². The molecule has 0 fully saturated rings. The lowest BCUT2D eigenvalue weighted by Gasteiger charge is -2.19. The van der Waals surface area contributed by atoms with Crippen molar-refractivity contribution in [3.63, 3.8) is 0 Å². The van der Waals surface area contributed by atoms with Gasteiger partial charge >= 0.3 is 0 Å². The number of rotatable bonds is 3. The van der Waals surface area contributed by atoms with Gasteiger partial charge in [-0.15, -0.1) is 0 Å². The van der Waals surface area contributed by atoms with Crippen molar-refractivity contribution in [3.05, 3.63) is 29.3 Å². The second-order valence-electron chi connectivity index (χ2n) is 4.89. The van der Waals surface area contributed by atoms with E-state index in [9.17, 15) is 8.42 Å². The molecule has 0 saturated heterocycles. The number of aryl methyl sites for hydroxylation is 1. The van der Waals surface area contributed by atoms with Gasteiger partial charge in [-0.05, 0) is 51.5 Å². The zero-order valence-electron chi connectivity index (χ0n) is 10.8. The van der Waals surface area contributed by atoms with Crippen LogP contribution < -0.4 is 4.89 Å². The molecule has 0 saturated carbocycles. The van der Waals surface area contributed by atoms with Gasteiger partial charge in [-0.2, -0.15) is 5.26 Å². The number of nitrogens with one attached hydrogen (secondary N) is 1. The van der Waals surface area contributed by atoms with Crippen molar-refractivity contribution in [2.24, 2.45) is 0 Å². The molecule has 0 bridgehead atoms. The summed E-state index contributed by atoms with van der Waals surface area (Å²) in [6.45, 7) is 6.84. The zero-order chi connectivity index (χ0) is 14.0. The van der Waals surface area contributed by atoms with Gasteiger partial charge in [-0.1, -0.05) is 4.89 Å². The Morgan fingerprint density at radius 1 is 1.33 bits per heavy atom. The van der Waals surface area contributed by atoms with Gasteiger partial charge in [0.2, 0.25) is 0 Å². The lowest BCUT2D eigenvalue weighted by Crippen LogP contribution is -2.33. The van der Waals surface area contributed by atoms with Crippen LogP contribution in [0.15, 0.2) is 23.1 Å². The molecule has 1 aromatic carbocycles. The minimum Gasteiger partial charge on any atom is -0.281 e. The number of hydrogen-bond donors (Lipinski definition) is 1. The van der Waals surface area contributed by atoms with Gasteiger partial charge in [0.15, 0.2) is 0 Å². The van der Waals surface area contributed by atoms with Crippen molar-refractivity contribution >= 4 is 10.0 Å². The molecule has 0 spiro atoms. The predicted octanol–water partition coefficient (Wildman–Crippen LogP) is 1.88. The smallest absolute Gasteiger partial charge is 0.262 e. The van der Waals surface area contributed by atoms with Crippen LogP contribution in [0.1, 0.15) is 31.9 Å². The first-order valence-corrected chi connectivity index (χ1v) is 6.84. The Balaban J connectivity index is 3.03. The zero-order valence-corrected chi connectivity index (χ0v) is 11.6. The molecule has 18 heavy (non-hydrogen) atoms. The average molecular weight is 268 g/mol. The van der Waals surface area contributed by atoms with Crippen LogP contribution in [0.3, 0.4) is 0 Å². The first-order chi connectivity index (χ1) is 8.15. The summed E-state index contributed by atoms with van der Waals surface area (Å²) < 4.78 is 24.0. The molecule has 1 aromatic rings. The molecule has 0 aliphatic rings. The maximum Gasteiger partial charge on any atom is 0.262 e. The molecular weight excluding hydrogens is 252 g/mol. The first-order valence-electron chi connectivity index (χ1n) is 5.36. The van der Waals surface area contributed by atoms with E-state index < -0.39 is 15.6 Å². The van der Waals surface area contributed by atoms with Crippen molar-refractivity contribution in [2.75, 3.05) is 0 Å². The normalized spacial score (nSPS) is 12.2. The Hall–Kier alpha value is -1.42. The minimum absolute atomic E-state index is 0.103. The van der Waals surface area contributed by atoms with E-state index in [4.69, 9.17) is 10.1 Å². The van der Waals surface area contributed by atoms with E-state index in [1.54, 1.807) is 27.7 Å². The van der Waals surface area contributed by atoms with Gasteiger partial charge < -0.3 is 0 Å². The van der Waals surface area contributed by atoms with Crippen LogP contribution in [0.4, 0.5) is 0 Å². The molecule has 1 N–H and O–H groups in total. The third-order valence-electron chi connectivity index (χ3n) is 2.05. The van der Waals surface area contributed by atoms with E-state index in [2.05, 4.69) is 4.89 Å². The summed E-state index contributed by atoms with van der Waals surface area (Å²) in [6, 6.07) is 6.32. The number of benzene rings is 1. The van der Waals surface area contributed by atoms with Crippen LogP contribution in [-0.2, 0) is 14.9 Å². The molecule has 0 atom stereocenters. The SMILES string of the molecule is Cc1cc(C#N)ccc1S(=O)(=O)NOC(C)(C)C. The van der Waals surface area contributed by atoms with Gasteiger partial charge in [-0.25, -0.2) is 8.42 Å². The van der Waals surface area contributed by atoms with Crippen molar-refractivity contribution in [1.82, 2.24) is 4.89 Å². The van der Waals surface area contributed by atoms with E-state index in [-0.39, 0.29) is 4.90 Å². The number of sulfonamides is 1. The standard InChI is InChI=1S/C12H16N2O3S/c1-9-7-10(8-13)5-6-11(9)18(15,16)14-17-12(2,3)4/h5-7,14H,1-4H3. The third kappa shape index (κ3) is 3.81. The number of hydrogen-bond acceptors (Lipinski definition) is 4. The summed E-state index contributed by atoms with van der Waals surface area (Å²) in [5.41, 5.74) is 0.301. The second kappa shape index (κ2) is 5.06. The first kappa shape index (κ1) is 14.6. The molecule has 0 radical (unpaired) electrons. The third-order valence-corrected chi connectivity index (χ3v) is 3.39. The molecule has 0 amide bonds. The van der Waals surface area contributed by atoms with Crippen molar-refractivity contribution in [1.29, 1.82) is 5.26 Å². The molecule has 6 heteroatoms. The van der Waals surface area contributed by atoms with Crippen LogP contribution in [0.25, 0.3) is 0 Å². The summed E-state index contributed by atoms with van der Waals surface area (Å²) in [5, 5.41) is 8.73. The Kier molecular flexibility index (Phi) is 4.12. The Morgan fingerprint density at radius 3 is 2.39 bits per heavy atom. The second-order valence-corrected chi connectivity index (χ2v) is 6.51. The van der Waals surface area contributed by atoms with Gasteiger partial charge in [-0.3, -0.25) is 4.84 Å². The largest absolute Gasteiger partial charge is 0.281 e. The molecule has 0 aliphatic carbocycles. The van der Waals surface area contributed by atoms with Crippen LogP contribution in [0, 0.1) is 18.3 Å². The van der Waals surface area contributed by atoms with E-state index in [0.717, 1.165) is 0 Å². The van der Waals surface area contributed by atoms with Gasteiger partial charge in [0.05, 0.1) is 22.1 Å². The fourth-order valence-corrected chi connectivity index (χ4v) is 2.42. The molecule has 5 nitrogen and oxygen atoms in total. The lowest BCUT2D eigenvalue weighted by molar-refractivity contribution is -0.0357. The highest BCUT2D eigenvalue weighted by Crippen LogP contribution is 2.17. The van der Waals surface area contributed by atoms with Crippen molar-refractivity contribution < 1.29 is 13.3 Å². The quantitative estimate of drug-likeness (QED) is 0.849. The fourth-order valence-electron chi connectivity index (χ4n) is 1.25. The summed E-state index contributed by atoms with van der Waals surface area (Å²) in [7, 11) is -3.73. The van der Waals surface area contributed by atoms with Crippen molar-refractivity contribution in [2.45, 2.75) is 38.2 Å². The topological polar surface area (TPSA) is 79.2 Å². The van der Waals surface area contributed by atoms with E-state index in [1.165, 1.54) is 18.2 Å². The predicted molar refractivity (Wildman–Crippen MR) is 67.1 cm³/mol. The van der Waals surface area contributed by atoms with Crippen LogP contribution in [0.2, 0.25) is 0 Å². The van der Waals surface area contributed by atoms with Crippen molar-refractivity contribution in [3.8, 4) is 6.07 Å². The van der Waals surface area contributed by atoms with Crippen LogP contribution >= 0.6 is 0 Å². The molecule has 0 unspecified atom stereocenters. The maximum absolute atomic E-state index is 12.0. The monoisotopic (exact) mass is 268 g/mol. The summed E-state index contributed by atoms with van der Waals surface area (Å²) in [6.07, 6.45) is 0. The summed E-state index contributed by atoms with van der Waals surface area (Å²) in [5.74, 6) is 0.